The maximum atomic E-state index is 14.1. The Morgan fingerprint density at radius 3 is 1.90 bits per heavy atom. The summed E-state index contributed by atoms with van der Waals surface area (Å²) in [5.74, 6) is 1.18. The predicted molar refractivity (Wildman–Crippen MR) is 124 cm³/mol. The highest BCUT2D eigenvalue weighted by molar-refractivity contribution is 7.78. The molecule has 3 heteroatoms. The fraction of sp³-hybridized carbons (Fsp3) is 0.231. The number of rotatable bonds is 9. The fourth-order valence-electron chi connectivity index (χ4n) is 3.61. The lowest BCUT2D eigenvalue weighted by molar-refractivity contribution is 0.414. The molecule has 0 fully saturated rings. The predicted octanol–water partition coefficient (Wildman–Crippen LogP) is 6.15. The summed E-state index contributed by atoms with van der Waals surface area (Å²) in [6.45, 7) is 2.20. The van der Waals surface area contributed by atoms with Crippen LogP contribution in [0.1, 0.15) is 31.2 Å². The largest absolute Gasteiger partial charge is 0.497 e. The zero-order chi connectivity index (χ0) is 20.5. The number of ether oxygens (including phenoxy) is 1. The maximum Gasteiger partial charge on any atom is 0.146 e. The molecule has 29 heavy (non-hydrogen) atoms. The topological polar surface area (TPSA) is 26.3 Å². The molecule has 0 aliphatic carbocycles. The number of benzene rings is 3. The van der Waals surface area contributed by atoms with E-state index in [-0.39, 0.29) is 0 Å². The quantitative estimate of drug-likeness (QED) is 0.316. The van der Waals surface area contributed by atoms with Gasteiger partial charge in [0.05, 0.1) is 7.11 Å². The molecule has 1 atom stereocenters. The third-order valence-corrected chi connectivity index (χ3v) is 8.21. The van der Waals surface area contributed by atoms with Gasteiger partial charge >= 0.3 is 0 Å². The monoisotopic (exact) mass is 404 g/mol. The zero-order valence-electron chi connectivity index (χ0n) is 17.2. The van der Waals surface area contributed by atoms with Crippen LogP contribution < -0.4 is 15.3 Å². The fourth-order valence-corrected chi connectivity index (χ4v) is 6.05. The molecule has 0 N–H and O–H groups in total. The summed E-state index contributed by atoms with van der Waals surface area (Å²) in [5, 5.41) is 1.82. The summed E-state index contributed by atoms with van der Waals surface area (Å²) in [6, 6.07) is 28.0. The third kappa shape index (κ3) is 5.28. The normalized spacial score (nSPS) is 12.8. The van der Waals surface area contributed by atoms with Gasteiger partial charge in [0.15, 0.2) is 0 Å². The molecular weight excluding hydrogens is 375 g/mol. The molecule has 1 unspecified atom stereocenters. The Balaban J connectivity index is 1.87. The first-order valence-corrected chi connectivity index (χ1v) is 12.1. The number of allylic oxidation sites excluding steroid dienone is 2. The third-order valence-electron chi connectivity index (χ3n) is 5.22. The molecule has 0 spiro atoms. The van der Waals surface area contributed by atoms with Crippen molar-refractivity contribution in [3.63, 3.8) is 0 Å². The van der Waals surface area contributed by atoms with Gasteiger partial charge in [-0.1, -0.05) is 98.3 Å². The van der Waals surface area contributed by atoms with E-state index >= 15 is 0 Å². The zero-order valence-corrected chi connectivity index (χ0v) is 18.1. The van der Waals surface area contributed by atoms with E-state index in [1.165, 1.54) is 5.56 Å². The second-order valence-corrected chi connectivity index (χ2v) is 10.1. The molecule has 0 bridgehead atoms. The summed E-state index contributed by atoms with van der Waals surface area (Å²) in [7, 11) is -1.03. The van der Waals surface area contributed by atoms with Crippen molar-refractivity contribution in [2.75, 3.05) is 13.3 Å². The minimum atomic E-state index is -2.71. The van der Waals surface area contributed by atoms with Crippen LogP contribution in [0.5, 0.6) is 5.75 Å². The molecule has 0 aliphatic heterocycles. The molecular formula is C26H29O2P. The van der Waals surface area contributed by atoms with Gasteiger partial charge in [0, 0.05) is 22.7 Å². The van der Waals surface area contributed by atoms with E-state index in [4.69, 9.17) is 4.74 Å². The maximum absolute atomic E-state index is 14.1. The van der Waals surface area contributed by atoms with Crippen LogP contribution in [-0.2, 0) is 4.57 Å². The van der Waals surface area contributed by atoms with E-state index in [1.807, 2.05) is 72.8 Å². The first kappa shape index (κ1) is 21.1. The minimum absolute atomic E-state index is 0.311. The van der Waals surface area contributed by atoms with E-state index in [1.54, 1.807) is 7.11 Å². The van der Waals surface area contributed by atoms with Gasteiger partial charge in [-0.3, -0.25) is 0 Å². The van der Waals surface area contributed by atoms with Gasteiger partial charge in [-0.25, -0.2) is 0 Å². The van der Waals surface area contributed by atoms with E-state index in [0.717, 1.165) is 29.2 Å². The van der Waals surface area contributed by atoms with E-state index in [9.17, 15) is 4.57 Å². The smallest absolute Gasteiger partial charge is 0.146 e. The van der Waals surface area contributed by atoms with Crippen LogP contribution >= 0.6 is 7.14 Å². The SMILES string of the molecule is CCCC(/C=C\CP(=O)(c1ccccc1)c1ccccc1)c1ccc(OC)cc1. The van der Waals surface area contributed by atoms with Crippen LogP contribution in [0.25, 0.3) is 0 Å². The first-order valence-electron chi connectivity index (χ1n) is 10.2. The number of hydrogen-bond donors (Lipinski definition) is 0. The Morgan fingerprint density at radius 1 is 0.862 bits per heavy atom. The molecule has 3 aromatic carbocycles. The number of methoxy groups -OCH3 is 1. The Bertz CT molecular complexity index is 904. The Labute approximate surface area is 174 Å². The van der Waals surface area contributed by atoms with Gasteiger partial charge in [-0.15, -0.1) is 0 Å². The summed E-state index contributed by atoms with van der Waals surface area (Å²) in [4.78, 5) is 0. The van der Waals surface area contributed by atoms with Crippen LogP contribution in [0, 0.1) is 0 Å². The van der Waals surface area contributed by atoms with Crippen LogP contribution in [-0.4, -0.2) is 13.3 Å². The average molecular weight is 404 g/mol. The van der Waals surface area contributed by atoms with Crippen molar-refractivity contribution in [1.29, 1.82) is 0 Å². The van der Waals surface area contributed by atoms with Crippen LogP contribution in [0.3, 0.4) is 0 Å². The summed E-state index contributed by atoms with van der Waals surface area (Å²) in [6.07, 6.45) is 7.02. The minimum Gasteiger partial charge on any atom is -0.497 e. The number of hydrogen-bond acceptors (Lipinski definition) is 2. The molecule has 0 aliphatic rings. The highest BCUT2D eigenvalue weighted by atomic mass is 31.2. The summed E-state index contributed by atoms with van der Waals surface area (Å²) in [5.41, 5.74) is 1.26. The van der Waals surface area contributed by atoms with Gasteiger partial charge in [-0.2, -0.15) is 0 Å². The molecule has 3 aromatic rings. The van der Waals surface area contributed by atoms with Gasteiger partial charge in [0.25, 0.3) is 0 Å². The highest BCUT2D eigenvalue weighted by Gasteiger charge is 2.25. The van der Waals surface area contributed by atoms with Crippen molar-refractivity contribution < 1.29 is 9.30 Å². The second kappa shape index (κ2) is 10.3. The molecule has 150 valence electrons. The molecule has 0 heterocycles. The molecule has 0 saturated carbocycles. The summed E-state index contributed by atoms with van der Waals surface area (Å²) >= 11 is 0. The van der Waals surface area contributed by atoms with Crippen molar-refractivity contribution in [3.8, 4) is 5.75 Å². The van der Waals surface area contributed by atoms with Crippen molar-refractivity contribution in [2.24, 2.45) is 0 Å². The van der Waals surface area contributed by atoms with Crippen LogP contribution in [0.15, 0.2) is 97.1 Å². The average Bonchev–Trinajstić information content (AvgIpc) is 2.79. The van der Waals surface area contributed by atoms with Gasteiger partial charge in [0.2, 0.25) is 0 Å². The highest BCUT2D eigenvalue weighted by Crippen LogP contribution is 2.43. The van der Waals surface area contributed by atoms with Crippen LogP contribution in [0.2, 0.25) is 0 Å². The Morgan fingerprint density at radius 2 is 1.41 bits per heavy atom. The molecule has 0 amide bonds. The van der Waals surface area contributed by atoms with E-state index < -0.39 is 7.14 Å². The molecule has 0 aromatic heterocycles. The van der Waals surface area contributed by atoms with E-state index in [2.05, 4.69) is 31.2 Å². The molecule has 0 radical (unpaired) electrons. The summed E-state index contributed by atoms with van der Waals surface area (Å²) < 4.78 is 19.4. The molecule has 0 saturated heterocycles. The van der Waals surface area contributed by atoms with Gasteiger partial charge in [-0.05, 0) is 24.1 Å². The lowest BCUT2D eigenvalue weighted by Gasteiger charge is -2.18. The second-order valence-electron chi connectivity index (χ2n) is 7.19. The van der Waals surface area contributed by atoms with E-state index in [0.29, 0.717) is 12.1 Å². The Kier molecular flexibility index (Phi) is 7.49. The van der Waals surface area contributed by atoms with Crippen molar-refractivity contribution in [1.82, 2.24) is 0 Å². The molecule has 2 nitrogen and oxygen atoms in total. The van der Waals surface area contributed by atoms with Crippen LogP contribution in [0.4, 0.5) is 0 Å². The lowest BCUT2D eigenvalue weighted by atomic mass is 9.94. The first-order chi connectivity index (χ1) is 14.2. The van der Waals surface area contributed by atoms with Crippen molar-refractivity contribution >= 4 is 17.8 Å². The standard InChI is InChI=1S/C26H29O2P/c1-3-11-22(23-17-19-24(28-2)20-18-23)12-10-21-29(27,25-13-6-4-7-14-25)26-15-8-5-9-16-26/h4-10,12-20,22H,3,11,21H2,1-2H3/b12-10-. The van der Waals surface area contributed by atoms with Crippen molar-refractivity contribution in [2.45, 2.75) is 25.7 Å². The van der Waals surface area contributed by atoms with Gasteiger partial charge < -0.3 is 9.30 Å². The van der Waals surface area contributed by atoms with Crippen molar-refractivity contribution in [3.05, 3.63) is 103 Å². The molecule has 3 rings (SSSR count). The van der Waals surface area contributed by atoms with Gasteiger partial charge in [0.1, 0.15) is 12.9 Å². The Hall–Kier alpha value is -2.57. The lowest BCUT2D eigenvalue weighted by Crippen LogP contribution is -2.17.